The summed E-state index contributed by atoms with van der Waals surface area (Å²) < 4.78 is 11.6. The van der Waals surface area contributed by atoms with E-state index in [9.17, 15) is 0 Å². The summed E-state index contributed by atoms with van der Waals surface area (Å²) in [6.45, 7) is 8.84. The van der Waals surface area contributed by atoms with Crippen LogP contribution in [0.2, 0.25) is 0 Å². The van der Waals surface area contributed by atoms with Gasteiger partial charge in [0.2, 0.25) is 6.29 Å². The molecule has 0 fully saturated rings. The Labute approximate surface area is 127 Å². The quantitative estimate of drug-likeness (QED) is 0.730. The van der Waals surface area contributed by atoms with Gasteiger partial charge >= 0.3 is 0 Å². The van der Waals surface area contributed by atoms with Crippen molar-refractivity contribution in [3.8, 4) is 5.75 Å². The highest BCUT2D eigenvalue weighted by atomic mass is 16.7. The molecule has 0 saturated heterocycles. The molecule has 3 atom stereocenters. The molecular formula is C19H24O2. The first kappa shape index (κ1) is 14.4. The van der Waals surface area contributed by atoms with Gasteiger partial charge in [-0.15, -0.1) is 0 Å². The van der Waals surface area contributed by atoms with Crippen molar-refractivity contribution < 1.29 is 9.47 Å². The van der Waals surface area contributed by atoms with E-state index in [1.165, 1.54) is 21.9 Å². The first-order valence-electron chi connectivity index (χ1n) is 7.79. The highest BCUT2D eigenvalue weighted by molar-refractivity contribution is 5.96. The van der Waals surface area contributed by atoms with Gasteiger partial charge in [0.15, 0.2) is 0 Å². The molecule has 3 rings (SSSR count). The maximum absolute atomic E-state index is 6.12. The van der Waals surface area contributed by atoms with Crippen LogP contribution in [0.4, 0.5) is 0 Å². The molecule has 3 unspecified atom stereocenters. The second-order valence-corrected chi connectivity index (χ2v) is 6.47. The fourth-order valence-electron chi connectivity index (χ4n) is 3.42. The van der Waals surface area contributed by atoms with Crippen LogP contribution in [0.5, 0.6) is 5.75 Å². The van der Waals surface area contributed by atoms with Gasteiger partial charge in [-0.25, -0.2) is 0 Å². The van der Waals surface area contributed by atoms with Gasteiger partial charge in [-0.3, -0.25) is 0 Å². The lowest BCUT2D eigenvalue weighted by atomic mass is 9.94. The Hall–Kier alpha value is -1.54. The molecule has 0 amide bonds. The van der Waals surface area contributed by atoms with Crippen LogP contribution in [-0.2, 0) is 4.74 Å². The molecule has 112 valence electrons. The number of hydrogen-bond donors (Lipinski definition) is 0. The Kier molecular flexibility index (Phi) is 3.66. The Morgan fingerprint density at radius 3 is 2.24 bits per heavy atom. The normalized spacial score (nSPS) is 22.0. The van der Waals surface area contributed by atoms with Crippen LogP contribution in [0.25, 0.3) is 10.8 Å². The van der Waals surface area contributed by atoms with Crippen molar-refractivity contribution in [3.05, 3.63) is 41.5 Å². The van der Waals surface area contributed by atoms with Crippen LogP contribution in [-0.4, -0.2) is 13.4 Å². The molecule has 0 aromatic heterocycles. The van der Waals surface area contributed by atoms with Crippen LogP contribution >= 0.6 is 0 Å². The van der Waals surface area contributed by atoms with E-state index in [-0.39, 0.29) is 6.29 Å². The molecule has 0 bridgehead atoms. The van der Waals surface area contributed by atoms with Crippen molar-refractivity contribution in [2.45, 2.75) is 45.8 Å². The molecule has 0 aliphatic heterocycles. The standard InChI is InChI=1S/C19H24O2/c1-11(2)19(20-5)21-17-10-9-15-13(4)12(3)14-7-6-8-16(17)18(14)15/h6-13,19H,1-5H3. The molecule has 1 aliphatic carbocycles. The van der Waals surface area contributed by atoms with Crippen molar-refractivity contribution >= 4 is 10.8 Å². The van der Waals surface area contributed by atoms with Crippen LogP contribution in [0.15, 0.2) is 30.3 Å². The monoisotopic (exact) mass is 284 g/mol. The van der Waals surface area contributed by atoms with Gasteiger partial charge in [0.05, 0.1) is 0 Å². The maximum Gasteiger partial charge on any atom is 0.201 e. The molecule has 0 heterocycles. The SMILES string of the molecule is COC(Oc1ccc2c3c(cccc13)C(C)C2C)C(C)C. The van der Waals surface area contributed by atoms with E-state index in [4.69, 9.17) is 9.47 Å². The number of methoxy groups -OCH3 is 1. The second-order valence-electron chi connectivity index (χ2n) is 6.47. The van der Waals surface area contributed by atoms with Gasteiger partial charge in [-0.2, -0.15) is 0 Å². The Balaban J connectivity index is 2.11. The van der Waals surface area contributed by atoms with E-state index in [1.807, 2.05) is 0 Å². The first-order chi connectivity index (χ1) is 10.0. The molecule has 0 saturated carbocycles. The summed E-state index contributed by atoms with van der Waals surface area (Å²) in [6, 6.07) is 10.9. The zero-order valence-corrected chi connectivity index (χ0v) is 13.5. The van der Waals surface area contributed by atoms with Gasteiger partial charge in [0.1, 0.15) is 5.75 Å². The topological polar surface area (TPSA) is 18.5 Å². The molecule has 21 heavy (non-hydrogen) atoms. The number of hydrogen-bond acceptors (Lipinski definition) is 2. The highest BCUT2D eigenvalue weighted by Gasteiger charge is 2.29. The third kappa shape index (κ3) is 2.22. The minimum atomic E-state index is -0.210. The lowest BCUT2D eigenvalue weighted by Crippen LogP contribution is -2.25. The Morgan fingerprint density at radius 1 is 0.952 bits per heavy atom. The zero-order chi connectivity index (χ0) is 15.1. The van der Waals surface area contributed by atoms with Crippen LogP contribution in [0.1, 0.15) is 50.7 Å². The van der Waals surface area contributed by atoms with Crippen LogP contribution < -0.4 is 4.74 Å². The molecule has 1 aliphatic rings. The Bertz CT molecular complexity index is 646. The third-order valence-corrected chi connectivity index (χ3v) is 4.82. The summed E-state index contributed by atoms with van der Waals surface area (Å²) in [5.41, 5.74) is 2.89. The average molecular weight is 284 g/mol. The van der Waals surface area contributed by atoms with E-state index >= 15 is 0 Å². The second kappa shape index (κ2) is 5.34. The van der Waals surface area contributed by atoms with E-state index < -0.39 is 0 Å². The van der Waals surface area contributed by atoms with Crippen molar-refractivity contribution in [2.24, 2.45) is 5.92 Å². The van der Waals surface area contributed by atoms with Crippen LogP contribution in [0.3, 0.4) is 0 Å². The fraction of sp³-hybridized carbons (Fsp3) is 0.474. The van der Waals surface area contributed by atoms with Gasteiger partial charge in [0.25, 0.3) is 0 Å². The van der Waals surface area contributed by atoms with Crippen molar-refractivity contribution in [1.82, 2.24) is 0 Å². The largest absolute Gasteiger partial charge is 0.464 e. The predicted octanol–water partition coefficient (Wildman–Crippen LogP) is 5.07. The van der Waals surface area contributed by atoms with E-state index in [0.29, 0.717) is 17.8 Å². The first-order valence-corrected chi connectivity index (χ1v) is 7.79. The third-order valence-electron chi connectivity index (χ3n) is 4.82. The molecule has 0 N–H and O–H groups in total. The lowest BCUT2D eigenvalue weighted by Gasteiger charge is -2.22. The summed E-state index contributed by atoms with van der Waals surface area (Å²) >= 11 is 0. The summed E-state index contributed by atoms with van der Waals surface area (Å²) in [4.78, 5) is 0. The van der Waals surface area contributed by atoms with Gasteiger partial charge in [0, 0.05) is 18.4 Å². The molecule has 2 heteroatoms. The molecule has 2 aromatic rings. The fourth-order valence-corrected chi connectivity index (χ4v) is 3.42. The Morgan fingerprint density at radius 2 is 1.62 bits per heavy atom. The summed E-state index contributed by atoms with van der Waals surface area (Å²) in [5, 5.41) is 2.59. The van der Waals surface area contributed by atoms with E-state index in [0.717, 1.165) is 5.75 Å². The number of ether oxygens (including phenoxy) is 2. The average Bonchev–Trinajstić information content (AvgIpc) is 2.73. The van der Waals surface area contributed by atoms with Crippen molar-refractivity contribution in [2.75, 3.05) is 7.11 Å². The molecule has 2 nitrogen and oxygen atoms in total. The van der Waals surface area contributed by atoms with E-state index in [2.05, 4.69) is 58.0 Å². The zero-order valence-electron chi connectivity index (χ0n) is 13.5. The van der Waals surface area contributed by atoms with E-state index in [1.54, 1.807) is 7.11 Å². The van der Waals surface area contributed by atoms with Crippen molar-refractivity contribution in [1.29, 1.82) is 0 Å². The molecule has 0 spiro atoms. The summed E-state index contributed by atoms with van der Waals surface area (Å²) in [5.74, 6) is 2.39. The summed E-state index contributed by atoms with van der Waals surface area (Å²) in [6.07, 6.45) is -0.210. The summed E-state index contributed by atoms with van der Waals surface area (Å²) in [7, 11) is 1.70. The van der Waals surface area contributed by atoms with Gasteiger partial charge in [-0.05, 0) is 34.4 Å². The predicted molar refractivity (Wildman–Crippen MR) is 87.0 cm³/mol. The molecular weight excluding hydrogens is 260 g/mol. The minimum absolute atomic E-state index is 0.210. The highest BCUT2D eigenvalue weighted by Crippen LogP contribution is 2.48. The molecule has 2 aromatic carbocycles. The lowest BCUT2D eigenvalue weighted by molar-refractivity contribution is -0.0825. The van der Waals surface area contributed by atoms with Gasteiger partial charge < -0.3 is 9.47 Å². The minimum Gasteiger partial charge on any atom is -0.464 e. The number of benzene rings is 2. The molecule has 0 radical (unpaired) electrons. The van der Waals surface area contributed by atoms with Crippen molar-refractivity contribution in [3.63, 3.8) is 0 Å². The number of rotatable bonds is 4. The maximum atomic E-state index is 6.12. The van der Waals surface area contributed by atoms with Crippen LogP contribution in [0, 0.1) is 5.92 Å². The smallest absolute Gasteiger partial charge is 0.201 e. The van der Waals surface area contributed by atoms with Gasteiger partial charge in [-0.1, -0.05) is 52.0 Å².